The second-order valence-electron chi connectivity index (χ2n) is 4.40. The Morgan fingerprint density at radius 3 is 2.59 bits per heavy atom. The van der Waals surface area contributed by atoms with E-state index in [1.165, 1.54) is 0 Å². The van der Waals surface area contributed by atoms with Crippen LogP contribution in [-0.2, 0) is 13.1 Å². The minimum absolute atomic E-state index is 0.754. The van der Waals surface area contributed by atoms with Crippen LogP contribution in [0.15, 0.2) is 6.33 Å². The molecule has 1 fully saturated rings. The molecule has 1 aromatic heterocycles. The summed E-state index contributed by atoms with van der Waals surface area (Å²) >= 11 is 0. The predicted molar refractivity (Wildman–Crippen MR) is 66.5 cm³/mol. The van der Waals surface area contributed by atoms with E-state index in [1.807, 2.05) is 4.68 Å². The van der Waals surface area contributed by atoms with Gasteiger partial charge in [0.2, 0.25) is 0 Å². The lowest BCUT2D eigenvalue weighted by Crippen LogP contribution is -2.47. The van der Waals surface area contributed by atoms with Gasteiger partial charge in [0.1, 0.15) is 12.2 Å². The zero-order chi connectivity index (χ0) is 12.1. The summed E-state index contributed by atoms with van der Waals surface area (Å²) in [6, 6.07) is 0. The monoisotopic (exact) mass is 238 g/mol. The number of piperazine rings is 1. The van der Waals surface area contributed by atoms with Gasteiger partial charge in [-0.15, -0.1) is 0 Å². The van der Waals surface area contributed by atoms with Crippen LogP contribution in [0.2, 0.25) is 0 Å². The molecule has 0 saturated carbocycles. The van der Waals surface area contributed by atoms with Gasteiger partial charge in [0.05, 0.1) is 6.54 Å². The lowest BCUT2D eigenvalue weighted by atomic mass is 10.3. The van der Waals surface area contributed by atoms with Crippen molar-refractivity contribution < 1.29 is 0 Å². The van der Waals surface area contributed by atoms with Gasteiger partial charge in [-0.2, -0.15) is 5.10 Å². The fourth-order valence-electron chi connectivity index (χ4n) is 2.23. The van der Waals surface area contributed by atoms with E-state index in [9.17, 15) is 0 Å². The van der Waals surface area contributed by atoms with Crippen molar-refractivity contribution >= 4 is 0 Å². The average molecular weight is 238 g/mol. The third-order valence-electron chi connectivity index (χ3n) is 3.27. The van der Waals surface area contributed by atoms with Crippen molar-refractivity contribution in [2.24, 2.45) is 5.73 Å². The topological polar surface area (TPSA) is 63.2 Å². The highest BCUT2D eigenvalue weighted by Crippen LogP contribution is 2.06. The maximum Gasteiger partial charge on any atom is 0.140 e. The summed E-state index contributed by atoms with van der Waals surface area (Å²) < 4.78 is 1.96. The molecule has 0 aromatic carbocycles. The summed E-state index contributed by atoms with van der Waals surface area (Å²) in [5.74, 6) is 1.07. The number of rotatable bonds is 5. The minimum Gasteiger partial charge on any atom is -0.329 e. The van der Waals surface area contributed by atoms with E-state index in [2.05, 4.69) is 26.8 Å². The molecule has 0 amide bonds. The maximum absolute atomic E-state index is 5.56. The normalized spacial score (nSPS) is 18.7. The van der Waals surface area contributed by atoms with Crippen molar-refractivity contribution in [3.63, 3.8) is 0 Å². The van der Waals surface area contributed by atoms with Crippen molar-refractivity contribution in [3.8, 4) is 0 Å². The van der Waals surface area contributed by atoms with Crippen LogP contribution < -0.4 is 5.73 Å². The van der Waals surface area contributed by atoms with Gasteiger partial charge in [0.25, 0.3) is 0 Å². The molecule has 0 bridgehead atoms. The third kappa shape index (κ3) is 3.24. The van der Waals surface area contributed by atoms with Gasteiger partial charge in [-0.25, -0.2) is 9.67 Å². The number of hydrogen-bond acceptors (Lipinski definition) is 5. The molecule has 1 aliphatic rings. The Kier molecular flexibility index (Phi) is 4.47. The summed E-state index contributed by atoms with van der Waals surface area (Å²) in [5, 5.41) is 4.20. The number of aryl methyl sites for hydroxylation is 1. The van der Waals surface area contributed by atoms with E-state index in [0.717, 1.165) is 58.2 Å². The van der Waals surface area contributed by atoms with Crippen molar-refractivity contribution in [2.75, 3.05) is 39.3 Å². The van der Waals surface area contributed by atoms with Gasteiger partial charge in [0.15, 0.2) is 0 Å². The average Bonchev–Trinajstić information content (AvgIpc) is 2.79. The molecule has 0 spiro atoms. The lowest BCUT2D eigenvalue weighted by molar-refractivity contribution is 0.126. The van der Waals surface area contributed by atoms with Crippen LogP contribution in [0, 0.1) is 0 Å². The SMILES string of the molecule is CCn1ncnc1CN1CCN(CCN)CC1. The summed E-state index contributed by atoms with van der Waals surface area (Å²) in [4.78, 5) is 9.16. The standard InChI is InChI=1S/C11H22N6/c1-2-17-11(13-10-14-17)9-16-7-5-15(4-3-12)6-8-16/h10H,2-9,12H2,1H3. The third-order valence-corrected chi connectivity index (χ3v) is 3.27. The molecule has 2 rings (SSSR count). The minimum atomic E-state index is 0.754. The van der Waals surface area contributed by atoms with Crippen LogP contribution >= 0.6 is 0 Å². The first-order valence-electron chi connectivity index (χ1n) is 6.35. The van der Waals surface area contributed by atoms with Crippen LogP contribution in [0.5, 0.6) is 0 Å². The molecule has 1 saturated heterocycles. The van der Waals surface area contributed by atoms with Crippen molar-refractivity contribution in [1.29, 1.82) is 0 Å². The first-order valence-corrected chi connectivity index (χ1v) is 6.35. The molecule has 1 aliphatic heterocycles. The van der Waals surface area contributed by atoms with Gasteiger partial charge in [-0.3, -0.25) is 9.80 Å². The van der Waals surface area contributed by atoms with Crippen LogP contribution in [0.1, 0.15) is 12.7 Å². The van der Waals surface area contributed by atoms with E-state index >= 15 is 0 Å². The summed E-state index contributed by atoms with van der Waals surface area (Å²) in [7, 11) is 0. The first-order chi connectivity index (χ1) is 8.33. The summed E-state index contributed by atoms with van der Waals surface area (Å²) in [6.07, 6.45) is 1.64. The second-order valence-corrected chi connectivity index (χ2v) is 4.40. The number of nitrogens with two attached hydrogens (primary N) is 1. The van der Waals surface area contributed by atoms with Crippen LogP contribution in [0.3, 0.4) is 0 Å². The molecule has 6 nitrogen and oxygen atoms in total. The lowest BCUT2D eigenvalue weighted by Gasteiger charge is -2.34. The van der Waals surface area contributed by atoms with Crippen molar-refractivity contribution in [3.05, 3.63) is 12.2 Å². The molecular weight excluding hydrogens is 216 g/mol. The van der Waals surface area contributed by atoms with Gasteiger partial charge < -0.3 is 5.73 Å². The first kappa shape index (κ1) is 12.5. The Labute approximate surface area is 102 Å². The van der Waals surface area contributed by atoms with Crippen molar-refractivity contribution in [1.82, 2.24) is 24.6 Å². The number of hydrogen-bond donors (Lipinski definition) is 1. The highest BCUT2D eigenvalue weighted by molar-refractivity contribution is 4.86. The summed E-state index contributed by atoms with van der Waals surface area (Å²) in [5.41, 5.74) is 5.56. The highest BCUT2D eigenvalue weighted by atomic mass is 15.4. The van der Waals surface area contributed by atoms with E-state index in [0.29, 0.717) is 0 Å². The molecule has 17 heavy (non-hydrogen) atoms. The van der Waals surface area contributed by atoms with Crippen LogP contribution in [0.4, 0.5) is 0 Å². The molecule has 0 aliphatic carbocycles. The van der Waals surface area contributed by atoms with Gasteiger partial charge >= 0.3 is 0 Å². The molecule has 2 heterocycles. The largest absolute Gasteiger partial charge is 0.329 e. The molecule has 96 valence electrons. The molecule has 1 aromatic rings. The van der Waals surface area contributed by atoms with Crippen LogP contribution in [0.25, 0.3) is 0 Å². The van der Waals surface area contributed by atoms with Gasteiger partial charge in [0, 0.05) is 45.8 Å². The number of nitrogens with zero attached hydrogens (tertiary/aromatic N) is 5. The van der Waals surface area contributed by atoms with Gasteiger partial charge in [-0.05, 0) is 6.92 Å². The Morgan fingerprint density at radius 2 is 1.94 bits per heavy atom. The van der Waals surface area contributed by atoms with Crippen LogP contribution in [-0.4, -0.2) is 63.8 Å². The van der Waals surface area contributed by atoms with E-state index < -0.39 is 0 Å². The molecule has 0 radical (unpaired) electrons. The zero-order valence-electron chi connectivity index (χ0n) is 10.5. The Balaban J connectivity index is 1.82. The predicted octanol–water partition coefficient (Wildman–Crippen LogP) is -0.626. The Bertz CT molecular complexity index is 328. The van der Waals surface area contributed by atoms with Gasteiger partial charge in [-0.1, -0.05) is 0 Å². The van der Waals surface area contributed by atoms with E-state index in [-0.39, 0.29) is 0 Å². The quantitative estimate of drug-likeness (QED) is 0.740. The zero-order valence-corrected chi connectivity index (χ0v) is 10.5. The fourth-order valence-corrected chi connectivity index (χ4v) is 2.23. The highest BCUT2D eigenvalue weighted by Gasteiger charge is 2.17. The maximum atomic E-state index is 5.56. The molecule has 2 N–H and O–H groups in total. The second kappa shape index (κ2) is 6.09. The fraction of sp³-hybridized carbons (Fsp3) is 0.818. The van der Waals surface area contributed by atoms with Crippen molar-refractivity contribution in [2.45, 2.75) is 20.0 Å². The molecule has 0 atom stereocenters. The molecule has 0 unspecified atom stereocenters. The Hall–Kier alpha value is -0.980. The number of aromatic nitrogens is 3. The Morgan fingerprint density at radius 1 is 1.24 bits per heavy atom. The summed E-state index contributed by atoms with van der Waals surface area (Å²) in [6.45, 7) is 10.1. The molecular formula is C11H22N6. The van der Waals surface area contributed by atoms with E-state index in [4.69, 9.17) is 5.73 Å². The van der Waals surface area contributed by atoms with E-state index in [1.54, 1.807) is 6.33 Å². The smallest absolute Gasteiger partial charge is 0.140 e. The molecule has 6 heteroatoms.